The molecule has 0 fully saturated rings. The normalized spacial score (nSPS) is 12.7. The number of rotatable bonds is 5. The molecule has 2 amide bonds. The number of nitro benzene ring substituents is 1. The van der Waals surface area contributed by atoms with Gasteiger partial charge in [0.15, 0.2) is 0 Å². The lowest BCUT2D eigenvalue weighted by Crippen LogP contribution is -2.37. The highest BCUT2D eigenvalue weighted by Crippen LogP contribution is 2.36. The maximum atomic E-state index is 12.6. The summed E-state index contributed by atoms with van der Waals surface area (Å²) in [6.07, 6.45) is 1.38. The first kappa shape index (κ1) is 17.3. The Kier molecular flexibility index (Phi) is 4.29. The molecule has 0 radical (unpaired) electrons. The molecule has 0 saturated heterocycles. The number of nitro groups is 1. The third-order valence-electron chi connectivity index (χ3n) is 4.46. The van der Waals surface area contributed by atoms with Gasteiger partial charge < -0.3 is 0 Å². The summed E-state index contributed by atoms with van der Waals surface area (Å²) in [5, 5.41) is 16.3. The third-order valence-corrected chi connectivity index (χ3v) is 4.46. The minimum Gasteiger partial charge on any atom is -0.298 e. The van der Waals surface area contributed by atoms with Gasteiger partial charge in [-0.05, 0) is 35.2 Å². The predicted octanol–water partition coefficient (Wildman–Crippen LogP) is 2.86. The van der Waals surface area contributed by atoms with Gasteiger partial charge in [0.05, 0.1) is 16.8 Å². The fraction of sp³-hybridized carbons (Fsp3) is 0.0500. The molecule has 4 rings (SSSR count). The van der Waals surface area contributed by atoms with Crippen LogP contribution >= 0.6 is 0 Å². The number of carbonyl (C=O) groups excluding carboxylic acids is 2. The monoisotopic (exact) mass is 374 g/mol. The van der Waals surface area contributed by atoms with Crippen molar-refractivity contribution >= 4 is 40.2 Å². The number of benzene rings is 3. The van der Waals surface area contributed by atoms with Crippen LogP contribution in [0.4, 0.5) is 11.4 Å². The highest BCUT2D eigenvalue weighted by molar-refractivity contribution is 6.26. The predicted molar refractivity (Wildman–Crippen MR) is 104 cm³/mol. The lowest BCUT2D eigenvalue weighted by molar-refractivity contribution is -0.384. The zero-order chi connectivity index (χ0) is 19.7. The van der Waals surface area contributed by atoms with Gasteiger partial charge in [-0.2, -0.15) is 5.10 Å². The average Bonchev–Trinajstić information content (AvgIpc) is 2.96. The van der Waals surface area contributed by atoms with Crippen LogP contribution in [0.15, 0.2) is 65.8 Å². The summed E-state index contributed by atoms with van der Waals surface area (Å²) in [4.78, 5) is 36.5. The molecule has 1 heterocycles. The smallest absolute Gasteiger partial charge is 0.269 e. The average molecular weight is 374 g/mol. The summed E-state index contributed by atoms with van der Waals surface area (Å²) in [5.41, 5.74) is 4.23. The number of anilines is 1. The highest BCUT2D eigenvalue weighted by Gasteiger charge is 2.30. The number of hydrogen-bond donors (Lipinski definition) is 1. The topological polar surface area (TPSA) is 105 Å². The van der Waals surface area contributed by atoms with Crippen molar-refractivity contribution in [2.75, 3.05) is 11.4 Å². The van der Waals surface area contributed by atoms with Crippen LogP contribution in [-0.2, 0) is 4.79 Å². The fourth-order valence-corrected chi connectivity index (χ4v) is 3.18. The quantitative estimate of drug-likeness (QED) is 0.421. The molecule has 0 atom stereocenters. The standard InChI is InChI=1S/C20H14N4O4/c25-18(22-21-11-13-7-9-15(10-8-13)24(27)28)12-23-17-6-2-4-14-3-1-5-16(19(14)17)20(23)26/h1-11H,12H2,(H,22,25)/b21-11-. The molecule has 1 N–H and O–H groups in total. The lowest BCUT2D eigenvalue weighted by atomic mass is 10.1. The van der Waals surface area contributed by atoms with E-state index in [0.29, 0.717) is 16.8 Å². The van der Waals surface area contributed by atoms with Crippen molar-refractivity contribution in [1.29, 1.82) is 0 Å². The zero-order valence-corrected chi connectivity index (χ0v) is 14.5. The van der Waals surface area contributed by atoms with Crippen LogP contribution < -0.4 is 10.3 Å². The van der Waals surface area contributed by atoms with Crippen LogP contribution in [0.1, 0.15) is 15.9 Å². The van der Waals surface area contributed by atoms with Gasteiger partial charge in [0.2, 0.25) is 0 Å². The van der Waals surface area contributed by atoms with E-state index in [-0.39, 0.29) is 18.1 Å². The van der Waals surface area contributed by atoms with Gasteiger partial charge in [-0.3, -0.25) is 24.6 Å². The summed E-state index contributed by atoms with van der Waals surface area (Å²) in [6, 6.07) is 16.8. The molecule has 3 aromatic rings. The molecule has 0 bridgehead atoms. The Morgan fingerprint density at radius 2 is 1.82 bits per heavy atom. The van der Waals surface area contributed by atoms with Crippen molar-refractivity contribution in [3.05, 3.63) is 81.9 Å². The van der Waals surface area contributed by atoms with Crippen molar-refractivity contribution in [3.8, 4) is 0 Å². The molecule has 28 heavy (non-hydrogen) atoms. The molecule has 0 saturated carbocycles. The zero-order valence-electron chi connectivity index (χ0n) is 14.5. The first-order chi connectivity index (χ1) is 13.5. The minimum atomic E-state index is -0.492. The molecule has 0 aromatic heterocycles. The van der Waals surface area contributed by atoms with Crippen molar-refractivity contribution < 1.29 is 14.5 Å². The van der Waals surface area contributed by atoms with Crippen molar-refractivity contribution in [2.45, 2.75) is 0 Å². The molecule has 1 aliphatic rings. The van der Waals surface area contributed by atoms with Gasteiger partial charge >= 0.3 is 0 Å². The Hall–Kier alpha value is -4.07. The summed E-state index contributed by atoms with van der Waals surface area (Å²) < 4.78 is 0. The molecule has 8 heteroatoms. The third kappa shape index (κ3) is 3.07. The number of amides is 2. The second-order valence-corrected chi connectivity index (χ2v) is 6.21. The van der Waals surface area contributed by atoms with Crippen molar-refractivity contribution in [2.24, 2.45) is 5.10 Å². The van der Waals surface area contributed by atoms with Crippen LogP contribution in [0, 0.1) is 10.1 Å². The van der Waals surface area contributed by atoms with E-state index in [2.05, 4.69) is 10.5 Å². The Labute approximate surface area is 159 Å². The molecular formula is C20H14N4O4. The second-order valence-electron chi connectivity index (χ2n) is 6.21. The van der Waals surface area contributed by atoms with Crippen molar-refractivity contribution in [1.82, 2.24) is 5.43 Å². The number of carbonyl (C=O) groups is 2. The first-order valence-corrected chi connectivity index (χ1v) is 8.44. The van der Waals surface area contributed by atoms with E-state index in [1.165, 1.54) is 35.4 Å². The summed E-state index contributed by atoms with van der Waals surface area (Å²) >= 11 is 0. The highest BCUT2D eigenvalue weighted by atomic mass is 16.6. The summed E-state index contributed by atoms with van der Waals surface area (Å²) in [7, 11) is 0. The Balaban J connectivity index is 1.44. The molecule has 0 aliphatic carbocycles. The SMILES string of the molecule is O=C(CN1C(=O)c2cccc3cccc1c23)N/N=C\c1ccc([N+](=O)[O-])cc1. The molecular weight excluding hydrogens is 360 g/mol. The summed E-state index contributed by atoms with van der Waals surface area (Å²) in [5.74, 6) is -0.669. The van der Waals surface area contributed by atoms with Crippen LogP contribution in [0.3, 0.4) is 0 Å². The van der Waals surface area contributed by atoms with E-state index in [1.54, 1.807) is 6.07 Å². The number of non-ortho nitro benzene ring substituents is 1. The molecule has 1 aliphatic heterocycles. The number of nitrogens with one attached hydrogen (secondary N) is 1. The van der Waals surface area contributed by atoms with Gasteiger partial charge in [0.25, 0.3) is 17.5 Å². The van der Waals surface area contributed by atoms with Gasteiger partial charge in [-0.15, -0.1) is 0 Å². The lowest BCUT2D eigenvalue weighted by Gasteiger charge is -2.16. The molecule has 138 valence electrons. The number of nitrogens with zero attached hydrogens (tertiary/aromatic N) is 3. The van der Waals surface area contributed by atoms with E-state index in [9.17, 15) is 19.7 Å². The van der Waals surface area contributed by atoms with Gasteiger partial charge in [0, 0.05) is 23.1 Å². The molecule has 0 spiro atoms. The van der Waals surface area contributed by atoms with Crippen LogP contribution in [0.25, 0.3) is 10.8 Å². The maximum absolute atomic E-state index is 12.6. The minimum absolute atomic E-state index is 0.0255. The van der Waals surface area contributed by atoms with E-state index >= 15 is 0 Å². The van der Waals surface area contributed by atoms with Gasteiger partial charge in [-0.1, -0.05) is 24.3 Å². The Bertz CT molecular complexity index is 1130. The molecule has 3 aromatic carbocycles. The van der Waals surface area contributed by atoms with Gasteiger partial charge in [-0.25, -0.2) is 5.43 Å². The van der Waals surface area contributed by atoms with Crippen LogP contribution in [0.2, 0.25) is 0 Å². The van der Waals surface area contributed by atoms with Gasteiger partial charge in [0.1, 0.15) is 6.54 Å². The molecule has 0 unspecified atom stereocenters. The van der Waals surface area contributed by atoms with E-state index in [1.807, 2.05) is 30.3 Å². The largest absolute Gasteiger partial charge is 0.298 e. The Morgan fingerprint density at radius 1 is 1.11 bits per heavy atom. The van der Waals surface area contributed by atoms with E-state index in [4.69, 9.17) is 0 Å². The van der Waals surface area contributed by atoms with Crippen molar-refractivity contribution in [3.63, 3.8) is 0 Å². The first-order valence-electron chi connectivity index (χ1n) is 8.44. The van der Waals surface area contributed by atoms with Crippen LogP contribution in [-0.4, -0.2) is 29.5 Å². The van der Waals surface area contributed by atoms with Crippen LogP contribution in [0.5, 0.6) is 0 Å². The summed E-state index contributed by atoms with van der Waals surface area (Å²) in [6.45, 7) is -0.162. The maximum Gasteiger partial charge on any atom is 0.269 e. The van der Waals surface area contributed by atoms with E-state index in [0.717, 1.165) is 10.8 Å². The second kappa shape index (κ2) is 6.92. The molecule has 8 nitrogen and oxygen atoms in total. The number of hydrazone groups is 1. The van der Waals surface area contributed by atoms with E-state index < -0.39 is 10.8 Å². The number of hydrogen-bond acceptors (Lipinski definition) is 5. The fourth-order valence-electron chi connectivity index (χ4n) is 3.18. The Morgan fingerprint density at radius 3 is 2.54 bits per heavy atom.